The highest BCUT2D eigenvalue weighted by atomic mass is 35.5. The van der Waals surface area contributed by atoms with Gasteiger partial charge in [-0.25, -0.2) is 10.9 Å². The van der Waals surface area contributed by atoms with Crippen molar-refractivity contribution in [3.05, 3.63) is 83.1 Å². The lowest BCUT2D eigenvalue weighted by Crippen LogP contribution is -2.52. The van der Waals surface area contributed by atoms with Crippen LogP contribution in [0.15, 0.2) is 66.9 Å². The van der Waals surface area contributed by atoms with E-state index in [0.717, 1.165) is 17.0 Å². The van der Waals surface area contributed by atoms with E-state index in [1.165, 1.54) is 0 Å². The zero-order valence-electron chi connectivity index (χ0n) is 16.0. The standard InChI is InChI=1S/C22H21ClN4O3/c23-15-8-9-19-17(11-15)27(13-14-5-1-2-7-18(14)29-19)22(28)26-25-21-20(30-21)12-16-6-3-4-10-24-16/h1-11,20-22,25-26,28H,12-13H2. The maximum atomic E-state index is 10.9. The van der Waals surface area contributed by atoms with E-state index in [1.807, 2.05) is 42.5 Å². The maximum absolute atomic E-state index is 10.9. The first-order chi connectivity index (χ1) is 14.7. The van der Waals surface area contributed by atoms with E-state index in [0.29, 0.717) is 29.4 Å². The Labute approximate surface area is 179 Å². The number of pyridine rings is 1. The molecule has 0 amide bonds. The molecule has 3 heterocycles. The monoisotopic (exact) mass is 424 g/mol. The molecule has 30 heavy (non-hydrogen) atoms. The molecule has 2 aromatic carbocycles. The molecule has 5 rings (SSSR count). The number of aliphatic hydroxyl groups excluding tert-OH is 1. The van der Waals surface area contributed by atoms with E-state index >= 15 is 0 Å². The molecule has 3 aromatic rings. The predicted octanol–water partition coefficient (Wildman–Crippen LogP) is 3.19. The predicted molar refractivity (Wildman–Crippen MR) is 113 cm³/mol. The molecular formula is C22H21ClN4O3. The van der Waals surface area contributed by atoms with Crippen LogP contribution in [0.4, 0.5) is 5.69 Å². The molecule has 0 saturated carbocycles. The first-order valence-electron chi connectivity index (χ1n) is 9.74. The Balaban J connectivity index is 1.28. The Morgan fingerprint density at radius 1 is 1.13 bits per heavy atom. The van der Waals surface area contributed by atoms with Crippen molar-refractivity contribution in [2.24, 2.45) is 0 Å². The Morgan fingerprint density at radius 3 is 2.87 bits per heavy atom. The minimum absolute atomic E-state index is 0.00882. The number of ether oxygens (including phenoxy) is 2. The fourth-order valence-electron chi connectivity index (χ4n) is 3.53. The molecule has 2 aliphatic rings. The number of rotatable bonds is 6. The summed E-state index contributed by atoms with van der Waals surface area (Å²) in [7, 11) is 0. The minimum Gasteiger partial charge on any atom is -0.455 e. The highest BCUT2D eigenvalue weighted by molar-refractivity contribution is 6.31. The first-order valence-corrected chi connectivity index (χ1v) is 10.1. The van der Waals surface area contributed by atoms with Gasteiger partial charge in [0.05, 0.1) is 12.2 Å². The Hall–Kier alpha value is -2.68. The number of aromatic nitrogens is 1. The third-order valence-electron chi connectivity index (χ3n) is 5.13. The van der Waals surface area contributed by atoms with Crippen molar-refractivity contribution >= 4 is 17.3 Å². The number of nitrogens with one attached hydrogen (secondary N) is 2. The van der Waals surface area contributed by atoms with E-state index < -0.39 is 6.35 Å². The molecule has 1 saturated heterocycles. The molecule has 1 fully saturated rings. The van der Waals surface area contributed by atoms with Gasteiger partial charge < -0.3 is 19.5 Å². The van der Waals surface area contributed by atoms with Gasteiger partial charge in [-0.05, 0) is 36.4 Å². The van der Waals surface area contributed by atoms with Gasteiger partial charge in [-0.15, -0.1) is 0 Å². The number of fused-ring (bicyclic) bond motifs is 2. The molecule has 3 N–H and O–H groups in total. The lowest BCUT2D eigenvalue weighted by molar-refractivity contribution is 0.104. The summed E-state index contributed by atoms with van der Waals surface area (Å²) in [6.45, 7) is 0.447. The average Bonchev–Trinajstić information content (AvgIpc) is 3.53. The topological polar surface area (TPSA) is 82.2 Å². The van der Waals surface area contributed by atoms with Crippen molar-refractivity contribution < 1.29 is 14.6 Å². The number of para-hydroxylation sites is 1. The molecule has 0 radical (unpaired) electrons. The molecular weight excluding hydrogens is 404 g/mol. The van der Waals surface area contributed by atoms with Crippen molar-refractivity contribution in [2.45, 2.75) is 31.6 Å². The highest BCUT2D eigenvalue weighted by Gasteiger charge is 2.39. The van der Waals surface area contributed by atoms with Crippen molar-refractivity contribution in [3.8, 4) is 11.5 Å². The molecule has 0 bridgehead atoms. The number of hydrogen-bond donors (Lipinski definition) is 3. The van der Waals surface area contributed by atoms with Crippen LogP contribution in [-0.2, 0) is 17.7 Å². The van der Waals surface area contributed by atoms with E-state index in [-0.39, 0.29) is 12.3 Å². The number of hydrogen-bond acceptors (Lipinski definition) is 7. The van der Waals surface area contributed by atoms with Gasteiger partial charge in [0.15, 0.2) is 12.1 Å². The quantitative estimate of drug-likeness (QED) is 0.318. The highest BCUT2D eigenvalue weighted by Crippen LogP contribution is 2.40. The molecule has 3 atom stereocenters. The Kier molecular flexibility index (Phi) is 5.28. The zero-order chi connectivity index (χ0) is 20.5. The van der Waals surface area contributed by atoms with Gasteiger partial charge in [0.2, 0.25) is 0 Å². The lowest BCUT2D eigenvalue weighted by atomic mass is 10.2. The van der Waals surface area contributed by atoms with Crippen LogP contribution in [0.25, 0.3) is 0 Å². The molecule has 0 spiro atoms. The number of aliphatic hydroxyl groups is 1. The number of benzene rings is 2. The third-order valence-corrected chi connectivity index (χ3v) is 5.37. The van der Waals surface area contributed by atoms with Gasteiger partial charge >= 0.3 is 0 Å². The molecule has 2 aliphatic heterocycles. The summed E-state index contributed by atoms with van der Waals surface area (Å²) in [6, 6.07) is 18.9. The second-order valence-corrected chi connectivity index (χ2v) is 7.67. The average molecular weight is 425 g/mol. The van der Waals surface area contributed by atoms with Crippen molar-refractivity contribution in [3.63, 3.8) is 0 Å². The molecule has 8 heteroatoms. The summed E-state index contributed by atoms with van der Waals surface area (Å²) < 4.78 is 11.7. The van der Waals surface area contributed by atoms with E-state index in [9.17, 15) is 5.11 Å². The van der Waals surface area contributed by atoms with E-state index in [1.54, 1.807) is 29.3 Å². The normalized spacial score (nSPS) is 20.5. The summed E-state index contributed by atoms with van der Waals surface area (Å²) in [4.78, 5) is 6.10. The first kappa shape index (κ1) is 19.3. The molecule has 7 nitrogen and oxygen atoms in total. The van der Waals surface area contributed by atoms with Crippen LogP contribution in [0.2, 0.25) is 5.02 Å². The second kappa shape index (κ2) is 8.22. The minimum atomic E-state index is -1.03. The zero-order valence-corrected chi connectivity index (χ0v) is 16.8. The van der Waals surface area contributed by atoms with E-state index in [4.69, 9.17) is 21.1 Å². The number of anilines is 1. The maximum Gasteiger partial charge on any atom is 0.197 e. The second-order valence-electron chi connectivity index (χ2n) is 7.23. The third kappa shape index (κ3) is 4.12. The lowest BCUT2D eigenvalue weighted by Gasteiger charge is -2.30. The summed E-state index contributed by atoms with van der Waals surface area (Å²) >= 11 is 6.22. The van der Waals surface area contributed by atoms with Gasteiger partial charge in [-0.3, -0.25) is 4.98 Å². The van der Waals surface area contributed by atoms with Gasteiger partial charge in [-0.1, -0.05) is 35.9 Å². The molecule has 3 unspecified atom stereocenters. The van der Waals surface area contributed by atoms with Crippen molar-refractivity contribution in [1.29, 1.82) is 0 Å². The van der Waals surface area contributed by atoms with Crippen LogP contribution < -0.4 is 20.5 Å². The van der Waals surface area contributed by atoms with Crippen LogP contribution in [0.1, 0.15) is 11.3 Å². The van der Waals surface area contributed by atoms with Crippen LogP contribution >= 0.6 is 11.6 Å². The smallest absolute Gasteiger partial charge is 0.197 e. The molecule has 0 aliphatic carbocycles. The van der Waals surface area contributed by atoms with Gasteiger partial charge in [0, 0.05) is 28.9 Å². The van der Waals surface area contributed by atoms with Gasteiger partial charge in [-0.2, -0.15) is 0 Å². The van der Waals surface area contributed by atoms with Gasteiger partial charge in [0.1, 0.15) is 18.1 Å². The van der Waals surface area contributed by atoms with Crippen LogP contribution in [-0.4, -0.2) is 28.8 Å². The van der Waals surface area contributed by atoms with Crippen molar-refractivity contribution in [2.75, 3.05) is 4.90 Å². The van der Waals surface area contributed by atoms with Crippen LogP contribution in [0, 0.1) is 0 Å². The summed E-state index contributed by atoms with van der Waals surface area (Å²) in [6.07, 6.45) is 1.26. The largest absolute Gasteiger partial charge is 0.455 e. The van der Waals surface area contributed by atoms with Crippen LogP contribution in [0.5, 0.6) is 11.5 Å². The fraction of sp³-hybridized carbons (Fsp3) is 0.227. The van der Waals surface area contributed by atoms with Gasteiger partial charge in [0.25, 0.3) is 0 Å². The Bertz CT molecular complexity index is 1040. The molecule has 154 valence electrons. The number of hydrazine groups is 1. The number of nitrogens with zero attached hydrogens (tertiary/aromatic N) is 2. The fourth-order valence-corrected chi connectivity index (χ4v) is 3.69. The van der Waals surface area contributed by atoms with Crippen molar-refractivity contribution in [1.82, 2.24) is 15.8 Å². The van der Waals surface area contributed by atoms with Crippen LogP contribution in [0.3, 0.4) is 0 Å². The van der Waals surface area contributed by atoms with E-state index in [2.05, 4.69) is 15.8 Å². The number of halogens is 1. The summed E-state index contributed by atoms with van der Waals surface area (Å²) in [5.74, 6) is 1.38. The SMILES string of the molecule is OC(NNC1OC1Cc1ccccn1)N1Cc2ccccc2Oc2ccc(Cl)cc21. The Morgan fingerprint density at radius 2 is 2.00 bits per heavy atom. The summed E-state index contributed by atoms with van der Waals surface area (Å²) in [5.41, 5.74) is 8.61. The summed E-state index contributed by atoms with van der Waals surface area (Å²) in [5, 5.41) is 11.5. The molecule has 1 aromatic heterocycles. The number of epoxide rings is 1.